The first-order valence-corrected chi connectivity index (χ1v) is 6.31. The molecule has 0 saturated carbocycles. The summed E-state index contributed by atoms with van der Waals surface area (Å²) in [6.07, 6.45) is 1.51. The maximum absolute atomic E-state index is 8.91. The maximum atomic E-state index is 8.91. The number of aromatic nitrogens is 4. The molecular formula is C13H9ClN6O. The highest BCUT2D eigenvalue weighted by atomic mass is 35.5. The lowest BCUT2D eigenvalue weighted by atomic mass is 10.2. The summed E-state index contributed by atoms with van der Waals surface area (Å²) in [5.74, 6) is 1.00. The smallest absolute Gasteiger partial charge is 0.226 e. The second kappa shape index (κ2) is 5.26. The number of anilines is 2. The zero-order chi connectivity index (χ0) is 14.8. The summed E-state index contributed by atoms with van der Waals surface area (Å²) in [5, 5.41) is 12.1. The molecule has 0 spiro atoms. The van der Waals surface area contributed by atoms with Crippen LogP contribution in [0.4, 0.5) is 11.5 Å². The highest BCUT2D eigenvalue weighted by Crippen LogP contribution is 2.30. The Morgan fingerprint density at radius 1 is 1.38 bits per heavy atom. The average Bonchev–Trinajstić information content (AvgIpc) is 2.96. The van der Waals surface area contributed by atoms with E-state index >= 15 is 0 Å². The van der Waals surface area contributed by atoms with Gasteiger partial charge in [-0.05, 0) is 23.7 Å². The molecule has 2 N–H and O–H groups in total. The van der Waals surface area contributed by atoms with E-state index in [1.807, 2.05) is 0 Å². The summed E-state index contributed by atoms with van der Waals surface area (Å²) in [6.45, 7) is 0. The van der Waals surface area contributed by atoms with Gasteiger partial charge in [0, 0.05) is 6.07 Å². The zero-order valence-corrected chi connectivity index (χ0v) is 11.6. The third-order valence-corrected chi connectivity index (χ3v) is 3.01. The van der Waals surface area contributed by atoms with Crippen LogP contribution in [0.2, 0.25) is 5.28 Å². The van der Waals surface area contributed by atoms with Crippen molar-refractivity contribution in [2.75, 3.05) is 12.4 Å². The predicted molar refractivity (Wildman–Crippen MR) is 77.7 cm³/mol. The molecule has 104 valence electrons. The molecule has 0 aliphatic heterocycles. The number of H-pyrrole nitrogens is 1. The van der Waals surface area contributed by atoms with Crippen molar-refractivity contribution in [3.05, 3.63) is 35.4 Å². The van der Waals surface area contributed by atoms with E-state index in [9.17, 15) is 0 Å². The lowest BCUT2D eigenvalue weighted by Crippen LogP contribution is -1.99. The number of hydrogen-bond donors (Lipinski definition) is 2. The Balaban J connectivity index is 2.06. The molecule has 0 radical (unpaired) electrons. The highest BCUT2D eigenvalue weighted by molar-refractivity contribution is 6.28. The van der Waals surface area contributed by atoms with Crippen LogP contribution in [-0.4, -0.2) is 27.0 Å². The van der Waals surface area contributed by atoms with Gasteiger partial charge in [0.05, 0.1) is 30.8 Å². The molecule has 0 atom stereocenters. The third kappa shape index (κ3) is 2.44. The Labute approximate surface area is 124 Å². The van der Waals surface area contributed by atoms with E-state index in [4.69, 9.17) is 21.6 Å². The van der Waals surface area contributed by atoms with Crippen molar-refractivity contribution >= 4 is 34.3 Å². The quantitative estimate of drug-likeness (QED) is 0.721. The van der Waals surface area contributed by atoms with Gasteiger partial charge in [0.1, 0.15) is 11.3 Å². The van der Waals surface area contributed by atoms with Crippen molar-refractivity contribution in [3.8, 4) is 11.8 Å². The number of halogens is 1. The Morgan fingerprint density at radius 3 is 3.00 bits per heavy atom. The number of aromatic amines is 1. The number of nitriles is 1. The van der Waals surface area contributed by atoms with Crippen LogP contribution in [0.3, 0.4) is 0 Å². The molecule has 7 nitrogen and oxygen atoms in total. The van der Waals surface area contributed by atoms with E-state index in [1.165, 1.54) is 13.4 Å². The minimum absolute atomic E-state index is 0.0877. The summed E-state index contributed by atoms with van der Waals surface area (Å²) >= 11 is 5.88. The fourth-order valence-corrected chi connectivity index (χ4v) is 2.05. The first kappa shape index (κ1) is 13.1. The fourth-order valence-electron chi connectivity index (χ4n) is 1.89. The van der Waals surface area contributed by atoms with Crippen LogP contribution in [0, 0.1) is 11.3 Å². The Kier molecular flexibility index (Phi) is 3.30. The molecule has 21 heavy (non-hydrogen) atoms. The summed E-state index contributed by atoms with van der Waals surface area (Å²) in [4.78, 5) is 15.1. The van der Waals surface area contributed by atoms with Crippen LogP contribution in [0.15, 0.2) is 24.5 Å². The van der Waals surface area contributed by atoms with Crippen LogP contribution in [-0.2, 0) is 0 Å². The van der Waals surface area contributed by atoms with Crippen LogP contribution in [0.25, 0.3) is 11.2 Å². The second-order valence-electron chi connectivity index (χ2n) is 4.09. The van der Waals surface area contributed by atoms with Gasteiger partial charge in [0.15, 0.2) is 11.5 Å². The lowest BCUT2D eigenvalue weighted by Gasteiger charge is -2.11. The molecule has 1 aromatic carbocycles. The lowest BCUT2D eigenvalue weighted by molar-refractivity contribution is 0.416. The number of nitrogens with one attached hydrogen (secondary N) is 2. The van der Waals surface area contributed by atoms with Crippen molar-refractivity contribution in [2.24, 2.45) is 0 Å². The average molecular weight is 301 g/mol. The van der Waals surface area contributed by atoms with E-state index in [2.05, 4.69) is 31.3 Å². The molecule has 0 bridgehead atoms. The summed E-state index contributed by atoms with van der Waals surface area (Å²) in [7, 11) is 1.53. The largest absolute Gasteiger partial charge is 0.495 e. The molecule has 8 heteroatoms. The first-order valence-electron chi connectivity index (χ1n) is 5.93. The number of methoxy groups -OCH3 is 1. The monoisotopic (exact) mass is 300 g/mol. The highest BCUT2D eigenvalue weighted by Gasteiger charge is 2.11. The standard InChI is InChI=1S/C13H9ClN6O/c1-21-9-4-7(5-15)2-3-8(9)18-12-10-11(17-6-16-10)19-13(14)20-12/h2-4,6H,1H3,(H2,16,17,18,19,20). The Morgan fingerprint density at radius 2 is 2.24 bits per heavy atom. The predicted octanol–water partition coefficient (Wildman–Crippen LogP) is 2.63. The third-order valence-electron chi connectivity index (χ3n) is 2.84. The van der Waals surface area contributed by atoms with E-state index in [1.54, 1.807) is 18.2 Å². The van der Waals surface area contributed by atoms with Gasteiger partial charge in [-0.2, -0.15) is 15.2 Å². The van der Waals surface area contributed by atoms with E-state index in [0.29, 0.717) is 34.0 Å². The molecule has 2 aromatic heterocycles. The van der Waals surface area contributed by atoms with Gasteiger partial charge in [0.2, 0.25) is 5.28 Å². The van der Waals surface area contributed by atoms with Crippen molar-refractivity contribution < 1.29 is 4.74 Å². The van der Waals surface area contributed by atoms with Gasteiger partial charge in [-0.25, -0.2) is 4.98 Å². The number of benzene rings is 1. The van der Waals surface area contributed by atoms with E-state index in [-0.39, 0.29) is 5.28 Å². The number of nitrogens with zero attached hydrogens (tertiary/aromatic N) is 4. The van der Waals surface area contributed by atoms with Crippen LogP contribution < -0.4 is 10.1 Å². The molecule has 0 amide bonds. The number of rotatable bonds is 3. The summed E-state index contributed by atoms with van der Waals surface area (Å²) in [5.41, 5.74) is 2.25. The Bertz CT molecular complexity index is 853. The normalized spacial score (nSPS) is 10.3. The van der Waals surface area contributed by atoms with Crippen LogP contribution >= 0.6 is 11.6 Å². The van der Waals surface area contributed by atoms with Gasteiger partial charge < -0.3 is 15.0 Å². The topological polar surface area (TPSA) is 99.5 Å². The minimum atomic E-state index is 0.0877. The SMILES string of the molecule is COc1cc(C#N)ccc1Nc1nc(Cl)nc2nc[nH]c12. The van der Waals surface area contributed by atoms with E-state index < -0.39 is 0 Å². The van der Waals surface area contributed by atoms with Crippen LogP contribution in [0.1, 0.15) is 5.56 Å². The number of imidazole rings is 1. The van der Waals surface area contributed by atoms with Crippen molar-refractivity contribution in [3.63, 3.8) is 0 Å². The number of hydrogen-bond acceptors (Lipinski definition) is 6. The summed E-state index contributed by atoms with van der Waals surface area (Å²) < 4.78 is 5.27. The fraction of sp³-hybridized carbons (Fsp3) is 0.0769. The van der Waals surface area contributed by atoms with E-state index in [0.717, 1.165) is 0 Å². The minimum Gasteiger partial charge on any atom is -0.495 e. The second-order valence-corrected chi connectivity index (χ2v) is 4.43. The van der Waals surface area contributed by atoms with Crippen molar-refractivity contribution in [1.29, 1.82) is 5.26 Å². The van der Waals surface area contributed by atoms with Gasteiger partial charge in [-0.1, -0.05) is 0 Å². The van der Waals surface area contributed by atoms with Crippen molar-refractivity contribution in [1.82, 2.24) is 19.9 Å². The Hall–Kier alpha value is -2.85. The van der Waals surface area contributed by atoms with Gasteiger partial charge in [-0.15, -0.1) is 0 Å². The molecule has 0 aliphatic rings. The molecule has 0 fully saturated rings. The number of fused-ring (bicyclic) bond motifs is 1. The van der Waals surface area contributed by atoms with Gasteiger partial charge >= 0.3 is 0 Å². The molecule has 3 rings (SSSR count). The summed E-state index contributed by atoms with van der Waals surface area (Å²) in [6, 6.07) is 7.10. The molecule has 0 unspecified atom stereocenters. The molecular weight excluding hydrogens is 292 g/mol. The van der Waals surface area contributed by atoms with Gasteiger partial charge in [0.25, 0.3) is 0 Å². The maximum Gasteiger partial charge on any atom is 0.226 e. The first-order chi connectivity index (χ1) is 10.2. The van der Waals surface area contributed by atoms with Crippen LogP contribution in [0.5, 0.6) is 5.75 Å². The molecule has 0 aliphatic carbocycles. The molecule has 0 saturated heterocycles. The van der Waals surface area contributed by atoms with Crippen molar-refractivity contribution in [2.45, 2.75) is 0 Å². The number of ether oxygens (including phenoxy) is 1. The zero-order valence-electron chi connectivity index (χ0n) is 10.9. The molecule has 3 aromatic rings. The van der Waals surface area contributed by atoms with Gasteiger partial charge in [-0.3, -0.25) is 0 Å². The molecule has 2 heterocycles.